The van der Waals surface area contributed by atoms with Crippen molar-refractivity contribution in [2.24, 2.45) is 0 Å². The van der Waals surface area contributed by atoms with E-state index in [0.29, 0.717) is 0 Å². The minimum absolute atomic E-state index is 0.0110. The van der Waals surface area contributed by atoms with Gasteiger partial charge in [-0.2, -0.15) is 13.2 Å². The number of aromatic nitrogens is 4. The third-order valence-corrected chi connectivity index (χ3v) is 6.18. The van der Waals surface area contributed by atoms with Gasteiger partial charge in [0.1, 0.15) is 17.1 Å². The third kappa shape index (κ3) is 5.63. The zero-order chi connectivity index (χ0) is 26.8. The summed E-state index contributed by atoms with van der Waals surface area (Å²) in [7, 11) is 0. The molecule has 0 radical (unpaired) electrons. The first-order valence-corrected chi connectivity index (χ1v) is 12.0. The van der Waals surface area contributed by atoms with Crippen molar-refractivity contribution < 1.29 is 28.2 Å². The van der Waals surface area contributed by atoms with Gasteiger partial charge in [0.25, 0.3) is 11.5 Å². The van der Waals surface area contributed by atoms with Gasteiger partial charge < -0.3 is 20.1 Å². The summed E-state index contributed by atoms with van der Waals surface area (Å²) >= 11 is 1.25. The van der Waals surface area contributed by atoms with Gasteiger partial charge in [0.05, 0.1) is 11.1 Å². The first kappa shape index (κ1) is 26.3. The lowest BCUT2D eigenvalue weighted by atomic mass is 9.93. The molecule has 0 saturated heterocycles. The Morgan fingerprint density at radius 1 is 1.19 bits per heavy atom. The van der Waals surface area contributed by atoms with E-state index in [9.17, 15) is 33.0 Å². The number of carbonyl (C=O) groups excluding carboxylic acids is 1. The average molecular weight is 534 g/mol. The van der Waals surface area contributed by atoms with Crippen LogP contribution in [0.5, 0.6) is 0 Å². The number of aliphatic hydroxyl groups excluding tert-OH is 1. The van der Waals surface area contributed by atoms with Crippen molar-refractivity contribution in [2.75, 3.05) is 11.9 Å². The van der Waals surface area contributed by atoms with Gasteiger partial charge in [0, 0.05) is 42.7 Å². The number of hydrogen-bond donors (Lipinski definition) is 3. The highest BCUT2D eigenvalue weighted by Gasteiger charge is 2.36. The number of halogens is 3. The van der Waals surface area contributed by atoms with E-state index in [1.165, 1.54) is 69.6 Å². The zero-order valence-electron chi connectivity index (χ0n) is 19.4. The number of anilines is 1. The predicted molar refractivity (Wildman–Crippen MR) is 130 cm³/mol. The molecule has 194 valence electrons. The molecule has 9 nitrogen and oxygen atoms in total. The molecule has 4 rings (SSSR count). The number of nitrogens with one attached hydrogen (secondary N) is 1. The molecule has 0 bridgehead atoms. The Morgan fingerprint density at radius 2 is 1.95 bits per heavy atom. The first-order valence-electron chi connectivity index (χ1n) is 11.0. The van der Waals surface area contributed by atoms with Crippen LogP contribution in [0.15, 0.2) is 64.5 Å². The van der Waals surface area contributed by atoms with Gasteiger partial charge in [0.2, 0.25) is 0 Å². The number of aryl methyl sites for hydroxylation is 1. The highest BCUT2D eigenvalue weighted by Crippen LogP contribution is 2.35. The van der Waals surface area contributed by atoms with Crippen LogP contribution in [-0.4, -0.2) is 41.8 Å². The monoisotopic (exact) mass is 533 g/mol. The summed E-state index contributed by atoms with van der Waals surface area (Å²) in [5.74, 6) is -0.392. The van der Waals surface area contributed by atoms with Gasteiger partial charge in [-0.05, 0) is 37.1 Å². The second-order valence-electron chi connectivity index (χ2n) is 8.30. The summed E-state index contributed by atoms with van der Waals surface area (Å²) in [4.78, 5) is 33.3. The van der Waals surface area contributed by atoms with E-state index >= 15 is 0 Å². The predicted octanol–water partition coefficient (Wildman–Crippen LogP) is 3.40. The van der Waals surface area contributed by atoms with Crippen LogP contribution < -0.4 is 10.9 Å². The Balaban J connectivity index is 1.70. The number of aliphatic hydroxyl groups is 2. The Hall–Kier alpha value is -3.81. The molecule has 1 aromatic carbocycles. The molecule has 0 aliphatic heterocycles. The maximum absolute atomic E-state index is 13.3. The largest absolute Gasteiger partial charge is 0.416 e. The number of amides is 1. The van der Waals surface area contributed by atoms with E-state index in [1.54, 1.807) is 5.38 Å². The molecule has 1 atom stereocenters. The van der Waals surface area contributed by atoms with Crippen molar-refractivity contribution in [1.82, 2.24) is 19.1 Å². The van der Waals surface area contributed by atoms with Crippen molar-refractivity contribution in [1.29, 1.82) is 0 Å². The molecular formula is C24H22F3N5O4S. The van der Waals surface area contributed by atoms with Crippen LogP contribution in [-0.2, 0) is 18.3 Å². The summed E-state index contributed by atoms with van der Waals surface area (Å²) < 4.78 is 42.5. The summed E-state index contributed by atoms with van der Waals surface area (Å²) in [5, 5.41) is 24.8. The number of carbonyl (C=O) groups is 1. The van der Waals surface area contributed by atoms with E-state index in [-0.39, 0.29) is 48.2 Å². The molecule has 0 fully saturated rings. The fraction of sp³-hybridized carbons (Fsp3) is 0.250. The van der Waals surface area contributed by atoms with Crippen LogP contribution in [0.2, 0.25) is 0 Å². The summed E-state index contributed by atoms with van der Waals surface area (Å²) in [6.07, 6.45) is -1.49. The van der Waals surface area contributed by atoms with Crippen LogP contribution in [0.25, 0.3) is 5.82 Å². The minimum Gasteiger partial charge on any atom is -0.396 e. The molecule has 37 heavy (non-hydrogen) atoms. The lowest BCUT2D eigenvalue weighted by Gasteiger charge is -2.25. The van der Waals surface area contributed by atoms with E-state index in [2.05, 4.69) is 15.3 Å². The average Bonchev–Trinajstić information content (AvgIpc) is 3.53. The quantitative estimate of drug-likeness (QED) is 0.319. The zero-order valence-corrected chi connectivity index (χ0v) is 20.3. The number of nitrogens with zero attached hydrogens (tertiary/aromatic N) is 4. The molecule has 0 aliphatic carbocycles. The van der Waals surface area contributed by atoms with E-state index in [0.717, 1.165) is 12.1 Å². The van der Waals surface area contributed by atoms with Crippen LogP contribution in [0, 0.1) is 0 Å². The highest BCUT2D eigenvalue weighted by atomic mass is 32.1. The number of imidazole rings is 1. The van der Waals surface area contributed by atoms with Gasteiger partial charge in [-0.15, -0.1) is 11.3 Å². The normalized spacial score (nSPS) is 13.4. The Kier molecular flexibility index (Phi) is 7.30. The number of benzene rings is 1. The number of pyridine rings is 1. The molecular weight excluding hydrogens is 511 g/mol. The molecule has 13 heteroatoms. The van der Waals surface area contributed by atoms with Crippen molar-refractivity contribution in [3.63, 3.8) is 0 Å². The minimum atomic E-state index is -4.60. The molecule has 3 heterocycles. The molecule has 4 aromatic rings. The molecule has 1 amide bonds. The second-order valence-corrected chi connectivity index (χ2v) is 9.01. The lowest BCUT2D eigenvalue weighted by molar-refractivity contribution is -0.137. The van der Waals surface area contributed by atoms with Crippen LogP contribution >= 0.6 is 11.3 Å². The molecule has 3 N–H and O–H groups in total. The van der Waals surface area contributed by atoms with E-state index in [1.807, 2.05) is 0 Å². The maximum atomic E-state index is 13.3. The topological polar surface area (TPSA) is 122 Å². The summed E-state index contributed by atoms with van der Waals surface area (Å²) in [6, 6.07) is 6.95. The highest BCUT2D eigenvalue weighted by molar-refractivity contribution is 7.07. The van der Waals surface area contributed by atoms with Crippen molar-refractivity contribution >= 4 is 22.9 Å². The number of alkyl halides is 3. The lowest BCUT2D eigenvalue weighted by Crippen LogP contribution is -2.28. The molecule has 1 unspecified atom stereocenters. The van der Waals surface area contributed by atoms with Gasteiger partial charge in [0.15, 0.2) is 5.82 Å². The van der Waals surface area contributed by atoms with Gasteiger partial charge >= 0.3 is 6.18 Å². The van der Waals surface area contributed by atoms with Crippen LogP contribution in [0.4, 0.5) is 18.9 Å². The standard InChI is InChI=1S/C24H22F3N5O4S/c1-23(36,15-4-2-5-16(10-15)24(25,26)27)22-30-19(12-31(22)7-3-9-33)32-8-6-17(11-20(32)34)29-21(35)18-13-37-14-28-18/h2,4-6,8,10-14,33,36H,3,7,9H2,1H3,(H,29,35). The third-order valence-electron chi connectivity index (χ3n) is 5.60. The van der Waals surface area contributed by atoms with Gasteiger partial charge in [-0.3, -0.25) is 14.2 Å². The Morgan fingerprint density at radius 3 is 2.59 bits per heavy atom. The molecule has 0 spiro atoms. The molecule has 0 saturated carbocycles. The van der Waals surface area contributed by atoms with E-state index in [4.69, 9.17) is 0 Å². The maximum Gasteiger partial charge on any atom is 0.416 e. The smallest absolute Gasteiger partial charge is 0.396 e. The van der Waals surface area contributed by atoms with Crippen LogP contribution in [0.3, 0.4) is 0 Å². The molecule has 0 aliphatic rings. The second kappa shape index (κ2) is 10.3. The summed E-state index contributed by atoms with van der Waals surface area (Å²) in [5.41, 5.74) is -1.53. The molecule has 3 aromatic heterocycles. The number of rotatable bonds is 8. The Bertz CT molecular complexity index is 1460. The first-order chi connectivity index (χ1) is 17.5. The van der Waals surface area contributed by atoms with Crippen molar-refractivity contribution in [3.05, 3.63) is 92.7 Å². The summed E-state index contributed by atoms with van der Waals surface area (Å²) in [6.45, 7) is 1.32. The van der Waals surface area contributed by atoms with Gasteiger partial charge in [-0.1, -0.05) is 12.1 Å². The number of thiazole rings is 1. The Labute approximate surface area is 212 Å². The van der Waals surface area contributed by atoms with Gasteiger partial charge in [-0.25, -0.2) is 9.97 Å². The van der Waals surface area contributed by atoms with Crippen molar-refractivity contribution in [3.8, 4) is 5.82 Å². The van der Waals surface area contributed by atoms with Crippen LogP contribution in [0.1, 0.15) is 40.8 Å². The number of hydrogen-bond acceptors (Lipinski definition) is 7. The van der Waals surface area contributed by atoms with E-state index < -0.39 is 28.8 Å². The van der Waals surface area contributed by atoms with Crippen molar-refractivity contribution in [2.45, 2.75) is 31.7 Å². The fourth-order valence-corrected chi connectivity index (χ4v) is 4.24. The fourth-order valence-electron chi connectivity index (χ4n) is 3.71. The SMILES string of the molecule is CC(O)(c1cccc(C(F)(F)F)c1)c1nc(-n2ccc(NC(=O)c3cscn3)cc2=O)cn1CCCO.